The first-order valence-corrected chi connectivity index (χ1v) is 5.94. The Kier molecular flexibility index (Phi) is 5.41. The molecule has 1 aliphatic rings. The molecule has 0 aromatic carbocycles. The molecule has 1 saturated carbocycles. The third kappa shape index (κ3) is 4.03. The Labute approximate surface area is 101 Å². The van der Waals surface area contributed by atoms with E-state index in [4.69, 9.17) is 10.4 Å². The van der Waals surface area contributed by atoms with E-state index in [1.165, 1.54) is 0 Å². The topological polar surface area (TPSA) is 78.2 Å². The summed E-state index contributed by atoms with van der Waals surface area (Å²) in [4.78, 5) is 22.4. The van der Waals surface area contributed by atoms with Crippen molar-refractivity contribution in [2.75, 3.05) is 0 Å². The van der Waals surface area contributed by atoms with Gasteiger partial charge in [0, 0.05) is 18.8 Å². The van der Waals surface area contributed by atoms with Gasteiger partial charge in [-0.25, -0.2) is 0 Å². The highest BCUT2D eigenvalue weighted by molar-refractivity contribution is 5.89. The summed E-state index contributed by atoms with van der Waals surface area (Å²) in [7, 11) is 0. The standard InChI is InChI=1S/C13H17NO3/c14-9-5-3-1-2-4-6-10-11(13(16)17)7-8-12(10)15/h2,4,10-11H,1,3,5-8H2,(H,16,17)/t10-,11+/m1/s1. The molecule has 1 rings (SSSR count). The maximum absolute atomic E-state index is 11.5. The fourth-order valence-corrected chi connectivity index (χ4v) is 2.16. The van der Waals surface area contributed by atoms with Crippen LogP contribution < -0.4 is 0 Å². The van der Waals surface area contributed by atoms with Crippen molar-refractivity contribution in [1.29, 1.82) is 5.26 Å². The van der Waals surface area contributed by atoms with Crippen molar-refractivity contribution in [3.63, 3.8) is 0 Å². The quantitative estimate of drug-likeness (QED) is 0.566. The Morgan fingerprint density at radius 1 is 1.53 bits per heavy atom. The van der Waals surface area contributed by atoms with Crippen molar-refractivity contribution in [2.45, 2.75) is 38.5 Å². The zero-order valence-electron chi connectivity index (χ0n) is 9.76. The van der Waals surface area contributed by atoms with E-state index < -0.39 is 11.9 Å². The minimum absolute atomic E-state index is 0.0686. The van der Waals surface area contributed by atoms with Gasteiger partial charge in [0.1, 0.15) is 5.78 Å². The first-order valence-electron chi connectivity index (χ1n) is 5.94. The predicted molar refractivity (Wildman–Crippen MR) is 62.1 cm³/mol. The van der Waals surface area contributed by atoms with Gasteiger partial charge in [0.15, 0.2) is 0 Å². The lowest BCUT2D eigenvalue weighted by Crippen LogP contribution is -2.21. The van der Waals surface area contributed by atoms with Crippen LogP contribution in [-0.4, -0.2) is 16.9 Å². The number of carbonyl (C=O) groups excluding carboxylic acids is 1. The minimum atomic E-state index is -0.862. The normalized spacial score (nSPS) is 24.1. The third-order valence-electron chi connectivity index (χ3n) is 3.13. The predicted octanol–water partition coefficient (Wildman–Crippen LogP) is 2.31. The van der Waals surface area contributed by atoms with Gasteiger partial charge in [-0.2, -0.15) is 5.26 Å². The van der Waals surface area contributed by atoms with Gasteiger partial charge in [-0.15, -0.1) is 0 Å². The summed E-state index contributed by atoms with van der Waals surface area (Å²) in [5, 5.41) is 17.3. The van der Waals surface area contributed by atoms with Gasteiger partial charge in [0.2, 0.25) is 0 Å². The van der Waals surface area contributed by atoms with Gasteiger partial charge in [-0.1, -0.05) is 12.2 Å². The van der Waals surface area contributed by atoms with E-state index in [2.05, 4.69) is 6.07 Å². The largest absolute Gasteiger partial charge is 0.481 e. The lowest BCUT2D eigenvalue weighted by Gasteiger charge is -2.11. The summed E-state index contributed by atoms with van der Waals surface area (Å²) in [6.07, 6.45) is 7.35. The number of hydrogen-bond donors (Lipinski definition) is 1. The molecule has 0 aliphatic heterocycles. The summed E-state index contributed by atoms with van der Waals surface area (Å²) in [6.45, 7) is 0. The summed E-state index contributed by atoms with van der Waals surface area (Å²) >= 11 is 0. The Bertz CT molecular complexity index is 354. The van der Waals surface area contributed by atoms with Crippen LogP contribution in [0.1, 0.15) is 38.5 Å². The molecule has 0 bridgehead atoms. The molecule has 92 valence electrons. The molecule has 1 aliphatic carbocycles. The highest BCUT2D eigenvalue weighted by atomic mass is 16.4. The van der Waals surface area contributed by atoms with Crippen LogP contribution in [0.5, 0.6) is 0 Å². The van der Waals surface area contributed by atoms with E-state index in [1.807, 2.05) is 12.2 Å². The smallest absolute Gasteiger partial charge is 0.307 e. The molecule has 4 nitrogen and oxygen atoms in total. The molecule has 17 heavy (non-hydrogen) atoms. The van der Waals surface area contributed by atoms with Crippen molar-refractivity contribution in [3.8, 4) is 6.07 Å². The van der Waals surface area contributed by atoms with Gasteiger partial charge in [-0.3, -0.25) is 9.59 Å². The number of allylic oxidation sites excluding steroid dienone is 2. The number of aliphatic carboxylic acids is 1. The van der Waals surface area contributed by atoms with Crippen molar-refractivity contribution in [3.05, 3.63) is 12.2 Å². The first-order chi connectivity index (χ1) is 8.16. The number of ketones is 1. The third-order valence-corrected chi connectivity index (χ3v) is 3.13. The molecule has 0 unspecified atom stereocenters. The highest BCUT2D eigenvalue weighted by Gasteiger charge is 2.38. The minimum Gasteiger partial charge on any atom is -0.481 e. The lowest BCUT2D eigenvalue weighted by molar-refractivity contribution is -0.144. The van der Waals surface area contributed by atoms with E-state index in [-0.39, 0.29) is 11.7 Å². The Morgan fingerprint density at radius 3 is 2.94 bits per heavy atom. The number of carbonyl (C=O) groups is 2. The van der Waals surface area contributed by atoms with E-state index in [9.17, 15) is 9.59 Å². The van der Waals surface area contributed by atoms with Gasteiger partial charge < -0.3 is 5.11 Å². The highest BCUT2D eigenvalue weighted by Crippen LogP contribution is 2.31. The van der Waals surface area contributed by atoms with E-state index >= 15 is 0 Å². The zero-order chi connectivity index (χ0) is 12.7. The van der Waals surface area contributed by atoms with Crippen molar-refractivity contribution >= 4 is 11.8 Å². The van der Waals surface area contributed by atoms with Gasteiger partial charge in [0.25, 0.3) is 0 Å². The van der Waals surface area contributed by atoms with Gasteiger partial charge in [-0.05, 0) is 25.7 Å². The number of carboxylic acids is 1. The number of hydrogen-bond acceptors (Lipinski definition) is 3. The van der Waals surface area contributed by atoms with Crippen LogP contribution >= 0.6 is 0 Å². The van der Waals surface area contributed by atoms with Crippen molar-refractivity contribution in [2.24, 2.45) is 11.8 Å². The van der Waals surface area contributed by atoms with Crippen LogP contribution in [0, 0.1) is 23.2 Å². The van der Waals surface area contributed by atoms with Crippen LogP contribution in [0.3, 0.4) is 0 Å². The maximum Gasteiger partial charge on any atom is 0.307 e. The van der Waals surface area contributed by atoms with Crippen LogP contribution in [-0.2, 0) is 9.59 Å². The molecule has 0 amide bonds. The molecule has 0 heterocycles. The summed E-state index contributed by atoms with van der Waals surface area (Å²) in [5.74, 6) is -1.65. The van der Waals surface area contributed by atoms with Crippen molar-refractivity contribution < 1.29 is 14.7 Å². The molecule has 4 heteroatoms. The molecular formula is C13H17NO3. The number of Topliss-reactive ketones (excluding diaryl/α,β-unsaturated/α-hetero) is 1. The Balaban J connectivity index is 2.36. The second kappa shape index (κ2) is 6.85. The first kappa shape index (κ1) is 13.4. The van der Waals surface area contributed by atoms with E-state index in [0.717, 1.165) is 12.8 Å². The summed E-state index contributed by atoms with van der Waals surface area (Å²) < 4.78 is 0. The second-order valence-electron chi connectivity index (χ2n) is 4.31. The molecule has 2 atom stereocenters. The van der Waals surface area contributed by atoms with Crippen LogP contribution in [0.25, 0.3) is 0 Å². The molecule has 0 aromatic rings. The average molecular weight is 235 g/mol. The molecule has 0 aromatic heterocycles. The van der Waals surface area contributed by atoms with Gasteiger partial charge in [0.05, 0.1) is 12.0 Å². The fraction of sp³-hybridized carbons (Fsp3) is 0.615. The molecule has 0 spiro atoms. The number of carboxylic acid groups (broad SMARTS) is 1. The SMILES string of the molecule is N#CCCCC=CC[C@H]1C(=O)CC[C@@H]1C(=O)O. The molecule has 1 fully saturated rings. The average Bonchev–Trinajstić information content (AvgIpc) is 2.65. The number of rotatable bonds is 6. The molecule has 0 radical (unpaired) electrons. The number of nitrogens with zero attached hydrogens (tertiary/aromatic N) is 1. The number of unbranched alkanes of at least 4 members (excludes halogenated alkanes) is 2. The van der Waals surface area contributed by atoms with Crippen LogP contribution in [0.15, 0.2) is 12.2 Å². The van der Waals surface area contributed by atoms with Crippen LogP contribution in [0.2, 0.25) is 0 Å². The van der Waals surface area contributed by atoms with E-state index in [0.29, 0.717) is 25.7 Å². The molecular weight excluding hydrogens is 218 g/mol. The Morgan fingerprint density at radius 2 is 2.29 bits per heavy atom. The van der Waals surface area contributed by atoms with Gasteiger partial charge >= 0.3 is 5.97 Å². The zero-order valence-corrected chi connectivity index (χ0v) is 9.76. The molecule has 0 saturated heterocycles. The Hall–Kier alpha value is -1.63. The van der Waals surface area contributed by atoms with Crippen LogP contribution in [0.4, 0.5) is 0 Å². The summed E-state index contributed by atoms with van der Waals surface area (Å²) in [6, 6.07) is 2.06. The molecule has 1 N–H and O–H groups in total. The van der Waals surface area contributed by atoms with Crippen molar-refractivity contribution in [1.82, 2.24) is 0 Å². The second-order valence-corrected chi connectivity index (χ2v) is 4.31. The van der Waals surface area contributed by atoms with E-state index in [1.54, 1.807) is 0 Å². The monoisotopic (exact) mass is 235 g/mol. The fourth-order valence-electron chi connectivity index (χ4n) is 2.16. The number of nitriles is 1. The summed E-state index contributed by atoms with van der Waals surface area (Å²) in [5.41, 5.74) is 0. The lowest BCUT2D eigenvalue weighted by atomic mass is 9.92. The maximum atomic E-state index is 11.5.